The van der Waals surface area contributed by atoms with Crippen LogP contribution in [0.4, 0.5) is 0 Å². The number of carbonyl (C=O) groups is 1. The largest absolute Gasteiger partial charge is 0.426 e. The summed E-state index contributed by atoms with van der Waals surface area (Å²) in [6.45, 7) is 4.10. The molecule has 0 unspecified atom stereocenters. The Bertz CT molecular complexity index is 813. The van der Waals surface area contributed by atoms with E-state index in [0.717, 1.165) is 16.7 Å². The van der Waals surface area contributed by atoms with Crippen LogP contribution in [-0.4, -0.2) is 5.97 Å². The van der Waals surface area contributed by atoms with Crippen LogP contribution in [0.3, 0.4) is 0 Å². The van der Waals surface area contributed by atoms with Gasteiger partial charge in [-0.1, -0.05) is 71.8 Å². The zero-order valence-corrected chi connectivity index (χ0v) is 14.0. The summed E-state index contributed by atoms with van der Waals surface area (Å²) < 4.78 is 5.42. The van der Waals surface area contributed by atoms with Crippen molar-refractivity contribution in [3.05, 3.63) is 89.5 Å². The first-order chi connectivity index (χ1) is 11.6. The summed E-state index contributed by atoms with van der Waals surface area (Å²) in [5, 5.41) is 0. The van der Waals surface area contributed by atoms with Crippen molar-refractivity contribution in [3.63, 3.8) is 0 Å². The average Bonchev–Trinajstić information content (AvgIpc) is 2.58. The second kappa shape index (κ2) is 7.14. The molecule has 0 amide bonds. The van der Waals surface area contributed by atoms with Crippen molar-refractivity contribution < 1.29 is 9.53 Å². The maximum absolute atomic E-state index is 12.0. The molecule has 120 valence electrons. The van der Waals surface area contributed by atoms with E-state index < -0.39 is 0 Å². The van der Waals surface area contributed by atoms with Gasteiger partial charge in [0.15, 0.2) is 0 Å². The summed E-state index contributed by atoms with van der Waals surface area (Å²) in [5.41, 5.74) is 5.63. The topological polar surface area (TPSA) is 26.3 Å². The molecule has 0 fully saturated rings. The van der Waals surface area contributed by atoms with E-state index in [1.807, 2.05) is 55.5 Å². The summed E-state index contributed by atoms with van der Waals surface area (Å²) in [6.07, 6.45) is 0.278. The van der Waals surface area contributed by atoms with Crippen LogP contribution in [-0.2, 0) is 11.2 Å². The fourth-order valence-corrected chi connectivity index (χ4v) is 2.50. The lowest BCUT2D eigenvalue weighted by molar-refractivity contribution is -0.133. The van der Waals surface area contributed by atoms with Gasteiger partial charge in [0.2, 0.25) is 0 Å². The highest BCUT2D eigenvalue weighted by molar-refractivity contribution is 5.75. The van der Waals surface area contributed by atoms with Gasteiger partial charge in [-0.3, -0.25) is 4.79 Å². The molecule has 0 atom stereocenters. The average molecular weight is 316 g/mol. The second-order valence-electron chi connectivity index (χ2n) is 6.03. The van der Waals surface area contributed by atoms with Crippen LogP contribution in [0.15, 0.2) is 72.8 Å². The van der Waals surface area contributed by atoms with Crippen molar-refractivity contribution in [2.75, 3.05) is 0 Å². The SMILES string of the molecule is Cc1ccc(CC(=O)Oc2ccc(-c3ccc(C)cc3)cc2)cc1. The highest BCUT2D eigenvalue weighted by Gasteiger charge is 2.07. The third-order valence-corrected chi connectivity index (χ3v) is 3.94. The third-order valence-electron chi connectivity index (χ3n) is 3.94. The van der Waals surface area contributed by atoms with Gasteiger partial charge in [0, 0.05) is 0 Å². The van der Waals surface area contributed by atoms with E-state index in [4.69, 9.17) is 4.74 Å². The van der Waals surface area contributed by atoms with Crippen LogP contribution in [0, 0.1) is 13.8 Å². The summed E-state index contributed by atoms with van der Waals surface area (Å²) in [4.78, 5) is 12.0. The van der Waals surface area contributed by atoms with Crippen molar-refractivity contribution in [1.29, 1.82) is 0 Å². The number of hydrogen-bond donors (Lipinski definition) is 0. The zero-order valence-electron chi connectivity index (χ0n) is 14.0. The van der Waals surface area contributed by atoms with Crippen molar-refractivity contribution in [2.45, 2.75) is 20.3 Å². The molecule has 0 saturated carbocycles. The molecule has 0 aliphatic carbocycles. The standard InChI is InChI=1S/C22H20O2/c1-16-3-7-18(8-4-16)15-22(23)24-21-13-11-20(12-14-21)19-9-5-17(2)6-10-19/h3-14H,15H2,1-2H3. The molecule has 0 bridgehead atoms. The summed E-state index contributed by atoms with van der Waals surface area (Å²) in [6, 6.07) is 23.9. The van der Waals surface area contributed by atoms with E-state index in [1.165, 1.54) is 11.1 Å². The highest BCUT2D eigenvalue weighted by Crippen LogP contribution is 2.23. The first-order valence-corrected chi connectivity index (χ1v) is 8.03. The van der Waals surface area contributed by atoms with Gasteiger partial charge in [-0.05, 0) is 42.7 Å². The van der Waals surface area contributed by atoms with Crippen molar-refractivity contribution >= 4 is 5.97 Å². The molecule has 3 rings (SSSR count). The van der Waals surface area contributed by atoms with Gasteiger partial charge in [0.25, 0.3) is 0 Å². The van der Waals surface area contributed by atoms with Gasteiger partial charge in [-0.15, -0.1) is 0 Å². The molecule has 0 N–H and O–H groups in total. The number of aryl methyl sites for hydroxylation is 2. The van der Waals surface area contributed by atoms with Gasteiger partial charge < -0.3 is 4.74 Å². The Hall–Kier alpha value is -2.87. The predicted octanol–water partition coefficient (Wildman–Crippen LogP) is 5.12. The van der Waals surface area contributed by atoms with Crippen LogP contribution < -0.4 is 4.74 Å². The first-order valence-electron chi connectivity index (χ1n) is 8.03. The van der Waals surface area contributed by atoms with Crippen LogP contribution in [0.2, 0.25) is 0 Å². The number of esters is 1. The van der Waals surface area contributed by atoms with Crippen LogP contribution in [0.1, 0.15) is 16.7 Å². The minimum atomic E-state index is -0.248. The van der Waals surface area contributed by atoms with Crippen LogP contribution in [0.25, 0.3) is 11.1 Å². The third kappa shape index (κ3) is 4.11. The number of benzene rings is 3. The molecule has 2 nitrogen and oxygen atoms in total. The smallest absolute Gasteiger partial charge is 0.315 e. The minimum Gasteiger partial charge on any atom is -0.426 e. The Labute approximate surface area is 142 Å². The Morgan fingerprint density at radius 2 is 1.17 bits per heavy atom. The molecular weight excluding hydrogens is 296 g/mol. The van der Waals surface area contributed by atoms with Crippen LogP contribution in [0.5, 0.6) is 5.75 Å². The second-order valence-corrected chi connectivity index (χ2v) is 6.03. The molecule has 3 aromatic rings. The molecule has 0 spiro atoms. The van der Waals surface area contributed by atoms with E-state index in [-0.39, 0.29) is 12.4 Å². The number of ether oxygens (including phenoxy) is 1. The Morgan fingerprint density at radius 3 is 1.71 bits per heavy atom. The molecule has 0 aromatic heterocycles. The fraction of sp³-hybridized carbons (Fsp3) is 0.136. The number of rotatable bonds is 4. The molecule has 0 radical (unpaired) electrons. The number of carbonyl (C=O) groups excluding carboxylic acids is 1. The van der Waals surface area contributed by atoms with Crippen LogP contribution >= 0.6 is 0 Å². The van der Waals surface area contributed by atoms with E-state index >= 15 is 0 Å². The first kappa shape index (κ1) is 16.0. The Balaban J connectivity index is 1.64. The van der Waals surface area contributed by atoms with E-state index in [0.29, 0.717) is 5.75 Å². The Morgan fingerprint density at radius 1 is 0.708 bits per heavy atom. The lowest BCUT2D eigenvalue weighted by atomic mass is 10.0. The quantitative estimate of drug-likeness (QED) is 0.493. The molecular formula is C22H20O2. The molecule has 24 heavy (non-hydrogen) atoms. The lowest BCUT2D eigenvalue weighted by Gasteiger charge is -2.07. The van der Waals surface area contributed by atoms with Gasteiger partial charge in [0.1, 0.15) is 5.75 Å². The summed E-state index contributed by atoms with van der Waals surface area (Å²) >= 11 is 0. The maximum Gasteiger partial charge on any atom is 0.315 e. The minimum absolute atomic E-state index is 0.248. The van der Waals surface area contributed by atoms with Crippen molar-refractivity contribution in [1.82, 2.24) is 0 Å². The van der Waals surface area contributed by atoms with Gasteiger partial charge in [-0.25, -0.2) is 0 Å². The molecule has 0 saturated heterocycles. The summed E-state index contributed by atoms with van der Waals surface area (Å²) in [7, 11) is 0. The molecule has 0 aliphatic heterocycles. The highest BCUT2D eigenvalue weighted by atomic mass is 16.5. The number of hydrogen-bond acceptors (Lipinski definition) is 2. The van der Waals surface area contributed by atoms with Gasteiger partial charge in [-0.2, -0.15) is 0 Å². The van der Waals surface area contributed by atoms with E-state index in [2.05, 4.69) is 31.2 Å². The fourth-order valence-electron chi connectivity index (χ4n) is 2.50. The van der Waals surface area contributed by atoms with Crippen molar-refractivity contribution in [2.24, 2.45) is 0 Å². The van der Waals surface area contributed by atoms with E-state index in [1.54, 1.807) is 0 Å². The molecule has 3 aromatic carbocycles. The maximum atomic E-state index is 12.0. The normalized spacial score (nSPS) is 10.4. The van der Waals surface area contributed by atoms with Gasteiger partial charge in [0.05, 0.1) is 6.42 Å². The molecule has 2 heteroatoms. The molecule has 0 heterocycles. The molecule has 0 aliphatic rings. The van der Waals surface area contributed by atoms with Gasteiger partial charge >= 0.3 is 5.97 Å². The monoisotopic (exact) mass is 316 g/mol. The van der Waals surface area contributed by atoms with Crippen molar-refractivity contribution in [3.8, 4) is 16.9 Å². The zero-order chi connectivity index (χ0) is 16.9. The van der Waals surface area contributed by atoms with E-state index in [9.17, 15) is 4.79 Å². The lowest BCUT2D eigenvalue weighted by Crippen LogP contribution is -2.11. The Kier molecular flexibility index (Phi) is 4.76. The summed E-state index contributed by atoms with van der Waals surface area (Å²) in [5.74, 6) is 0.324. The predicted molar refractivity (Wildman–Crippen MR) is 97.1 cm³/mol.